The Hall–Kier alpha value is -1.91. The fourth-order valence-corrected chi connectivity index (χ4v) is 1.72. The van der Waals surface area contributed by atoms with Gasteiger partial charge < -0.3 is 8.92 Å². The molecule has 1 aromatic rings. The predicted molar refractivity (Wildman–Crippen MR) is 67.7 cm³/mol. The van der Waals surface area contributed by atoms with Gasteiger partial charge in [-0.2, -0.15) is 21.6 Å². The molecule has 0 aliphatic heterocycles. The molecule has 0 fully saturated rings. The van der Waals surface area contributed by atoms with Crippen LogP contribution in [0, 0.1) is 0 Å². The molecule has 0 amide bonds. The summed E-state index contributed by atoms with van der Waals surface area (Å²) in [5, 5.41) is 0. The molecule has 0 saturated heterocycles. The molecule has 0 atom stereocenters. The summed E-state index contributed by atoms with van der Waals surface area (Å²) in [6.45, 7) is 4.67. The Morgan fingerprint density at radius 1 is 1.36 bits per heavy atom. The zero-order chi connectivity index (χ0) is 17.1. The lowest BCUT2D eigenvalue weighted by Crippen LogP contribution is -2.29. The molecule has 0 N–H and O–H groups in total. The van der Waals surface area contributed by atoms with Crippen molar-refractivity contribution >= 4 is 16.1 Å². The Balaban J connectivity index is 3.25. The van der Waals surface area contributed by atoms with Gasteiger partial charge in [0, 0.05) is 5.92 Å². The van der Waals surface area contributed by atoms with Crippen molar-refractivity contribution in [3.63, 3.8) is 0 Å². The minimum atomic E-state index is -5.87. The minimum absolute atomic E-state index is 0.0677. The lowest BCUT2D eigenvalue weighted by molar-refractivity contribution is -0.0501. The number of aromatic nitrogens is 2. The second-order valence-electron chi connectivity index (χ2n) is 4.30. The average molecular weight is 342 g/mol. The van der Waals surface area contributed by atoms with Crippen molar-refractivity contribution in [2.24, 2.45) is 0 Å². The summed E-state index contributed by atoms with van der Waals surface area (Å²) in [5.74, 6) is -2.21. The van der Waals surface area contributed by atoms with Gasteiger partial charge in [0.2, 0.25) is 0 Å². The van der Waals surface area contributed by atoms with E-state index in [9.17, 15) is 26.4 Å². The van der Waals surface area contributed by atoms with Crippen LogP contribution in [0.3, 0.4) is 0 Å². The molecule has 7 nitrogen and oxygen atoms in total. The van der Waals surface area contributed by atoms with Crippen molar-refractivity contribution < 1.29 is 35.3 Å². The Morgan fingerprint density at radius 3 is 2.41 bits per heavy atom. The van der Waals surface area contributed by atoms with Crippen molar-refractivity contribution in [2.75, 3.05) is 6.61 Å². The summed E-state index contributed by atoms with van der Waals surface area (Å²) >= 11 is 0. The van der Waals surface area contributed by atoms with E-state index in [2.05, 4.69) is 18.9 Å². The highest BCUT2D eigenvalue weighted by Gasteiger charge is 2.49. The van der Waals surface area contributed by atoms with E-state index in [-0.39, 0.29) is 18.0 Å². The maximum atomic E-state index is 12.3. The van der Waals surface area contributed by atoms with Crippen molar-refractivity contribution in [3.05, 3.63) is 17.6 Å². The third-order valence-corrected chi connectivity index (χ3v) is 3.21. The lowest BCUT2D eigenvalue weighted by atomic mass is 10.1. The molecule has 0 aromatic carbocycles. The number of carbonyl (C=O) groups is 1. The zero-order valence-corrected chi connectivity index (χ0v) is 12.7. The minimum Gasteiger partial charge on any atom is -0.461 e. The number of rotatable bonds is 5. The molecule has 0 aliphatic carbocycles. The summed E-state index contributed by atoms with van der Waals surface area (Å²) in [6, 6.07) is 0. The van der Waals surface area contributed by atoms with E-state index in [1.54, 1.807) is 6.92 Å². The third-order valence-electron chi connectivity index (χ3n) is 2.27. The molecular weight excluding hydrogens is 329 g/mol. The first kappa shape index (κ1) is 18.1. The normalized spacial score (nSPS) is 12.3. The second-order valence-corrected chi connectivity index (χ2v) is 5.84. The SMILES string of the molecule is CCOC(=O)c1cnc(OS(=O)(=O)C(F)(F)F)c(C(C)C)n1. The number of esters is 1. The molecule has 0 bridgehead atoms. The van der Waals surface area contributed by atoms with Gasteiger partial charge in [0.05, 0.1) is 12.8 Å². The summed E-state index contributed by atoms with van der Waals surface area (Å²) in [4.78, 5) is 18.7. The topological polar surface area (TPSA) is 95.5 Å². The smallest absolute Gasteiger partial charge is 0.461 e. The van der Waals surface area contributed by atoms with Crippen LogP contribution < -0.4 is 4.18 Å². The van der Waals surface area contributed by atoms with Crippen LogP contribution in [0.15, 0.2) is 6.20 Å². The first-order valence-electron chi connectivity index (χ1n) is 6.04. The molecule has 1 rings (SSSR count). The number of carbonyl (C=O) groups excluding carboxylic acids is 1. The number of ether oxygens (including phenoxy) is 1. The number of halogens is 3. The highest BCUT2D eigenvalue weighted by molar-refractivity contribution is 7.87. The fraction of sp³-hybridized carbons (Fsp3) is 0.545. The van der Waals surface area contributed by atoms with Gasteiger partial charge in [0.25, 0.3) is 5.88 Å². The lowest BCUT2D eigenvalue weighted by Gasteiger charge is -2.13. The molecule has 1 aromatic heterocycles. The van der Waals surface area contributed by atoms with E-state index in [0.717, 1.165) is 6.20 Å². The predicted octanol–water partition coefficient (Wildman–Crippen LogP) is 2.01. The monoisotopic (exact) mass is 342 g/mol. The Morgan fingerprint density at radius 2 is 1.95 bits per heavy atom. The molecule has 0 saturated carbocycles. The number of alkyl halides is 3. The molecule has 1 heterocycles. The van der Waals surface area contributed by atoms with Gasteiger partial charge in [-0.25, -0.2) is 14.8 Å². The maximum Gasteiger partial charge on any atom is 0.534 e. The van der Waals surface area contributed by atoms with Gasteiger partial charge in [-0.3, -0.25) is 0 Å². The van der Waals surface area contributed by atoms with Crippen LogP contribution in [-0.2, 0) is 14.9 Å². The molecule has 0 radical (unpaired) electrons. The molecule has 0 spiro atoms. The largest absolute Gasteiger partial charge is 0.534 e. The third kappa shape index (κ3) is 4.06. The molecular formula is C11H13F3N2O5S. The van der Waals surface area contributed by atoms with Crippen LogP contribution in [-0.4, -0.2) is 36.5 Å². The van der Waals surface area contributed by atoms with E-state index in [4.69, 9.17) is 0 Å². The molecule has 124 valence electrons. The fourth-order valence-electron chi connectivity index (χ4n) is 1.29. The van der Waals surface area contributed by atoms with E-state index in [0.29, 0.717) is 0 Å². The van der Waals surface area contributed by atoms with Gasteiger partial charge in [0.1, 0.15) is 5.69 Å². The van der Waals surface area contributed by atoms with Crippen LogP contribution in [0.5, 0.6) is 5.88 Å². The number of nitrogens with zero attached hydrogens (tertiary/aromatic N) is 2. The molecule has 22 heavy (non-hydrogen) atoms. The van der Waals surface area contributed by atoms with Crippen LogP contribution in [0.2, 0.25) is 0 Å². The van der Waals surface area contributed by atoms with Crippen LogP contribution in [0.25, 0.3) is 0 Å². The molecule has 0 aliphatic rings. The number of hydrogen-bond acceptors (Lipinski definition) is 7. The quantitative estimate of drug-likeness (QED) is 0.459. The summed E-state index contributed by atoms with van der Waals surface area (Å²) in [6.07, 6.45) is 0.783. The Bertz CT molecular complexity index is 658. The van der Waals surface area contributed by atoms with Crippen molar-refractivity contribution in [3.8, 4) is 5.88 Å². The molecule has 11 heteroatoms. The van der Waals surface area contributed by atoms with Gasteiger partial charge in [-0.1, -0.05) is 13.8 Å². The van der Waals surface area contributed by atoms with Crippen molar-refractivity contribution in [1.82, 2.24) is 9.97 Å². The van der Waals surface area contributed by atoms with Crippen LogP contribution in [0.1, 0.15) is 42.9 Å². The van der Waals surface area contributed by atoms with Crippen LogP contribution in [0.4, 0.5) is 13.2 Å². The Kier molecular flexibility index (Phi) is 5.33. The molecule has 0 unspecified atom stereocenters. The van der Waals surface area contributed by atoms with E-state index in [1.165, 1.54) is 13.8 Å². The summed E-state index contributed by atoms with van der Waals surface area (Å²) in [7, 11) is -5.87. The van der Waals surface area contributed by atoms with Gasteiger partial charge >= 0.3 is 21.6 Å². The Labute approximate surface area is 124 Å². The summed E-state index contributed by atoms with van der Waals surface area (Å²) < 4.78 is 67.6. The summed E-state index contributed by atoms with van der Waals surface area (Å²) in [5.41, 5.74) is -6.07. The first-order chi connectivity index (χ1) is 9.99. The van der Waals surface area contributed by atoms with Gasteiger partial charge in [-0.05, 0) is 6.92 Å². The van der Waals surface area contributed by atoms with Crippen LogP contribution >= 0.6 is 0 Å². The number of hydrogen-bond donors (Lipinski definition) is 0. The zero-order valence-electron chi connectivity index (χ0n) is 11.8. The van der Waals surface area contributed by atoms with Gasteiger partial charge in [0.15, 0.2) is 5.69 Å². The first-order valence-corrected chi connectivity index (χ1v) is 7.45. The maximum absolute atomic E-state index is 12.3. The van der Waals surface area contributed by atoms with Crippen molar-refractivity contribution in [2.45, 2.75) is 32.2 Å². The van der Waals surface area contributed by atoms with E-state index >= 15 is 0 Å². The van der Waals surface area contributed by atoms with E-state index in [1.807, 2.05) is 0 Å². The highest BCUT2D eigenvalue weighted by Crippen LogP contribution is 2.29. The van der Waals surface area contributed by atoms with E-state index < -0.39 is 33.4 Å². The average Bonchev–Trinajstić information content (AvgIpc) is 2.37. The second kappa shape index (κ2) is 6.46. The standard InChI is InChI=1S/C11H13F3N2O5S/c1-4-20-10(17)7-5-15-9(8(16-7)6(2)3)21-22(18,19)11(12,13)14/h5-6H,4H2,1-3H3. The van der Waals surface area contributed by atoms with Gasteiger partial charge in [-0.15, -0.1) is 0 Å². The van der Waals surface area contributed by atoms with Crippen molar-refractivity contribution in [1.29, 1.82) is 0 Å². The highest BCUT2D eigenvalue weighted by atomic mass is 32.2.